The number of methoxy groups -OCH3 is 1. The molecule has 0 unspecified atom stereocenters. The quantitative estimate of drug-likeness (QED) is 0.564. The molecule has 4 rings (SSSR count). The van der Waals surface area contributed by atoms with Gasteiger partial charge in [0.1, 0.15) is 15.3 Å². The number of ether oxygens (including phenoxy) is 1. The highest BCUT2D eigenvalue weighted by atomic mass is 32.1. The first-order valence-electron chi connectivity index (χ1n) is 7.79. The lowest BCUT2D eigenvalue weighted by Crippen LogP contribution is -2.16. The van der Waals surface area contributed by atoms with Crippen LogP contribution in [0, 0.1) is 0 Å². The summed E-state index contributed by atoms with van der Waals surface area (Å²) in [5.41, 5.74) is 2.10. The Hall–Kier alpha value is -2.66. The molecule has 0 radical (unpaired) electrons. The van der Waals surface area contributed by atoms with Crippen molar-refractivity contribution >= 4 is 31.6 Å². The van der Waals surface area contributed by atoms with Crippen LogP contribution < -0.4 is 10.3 Å². The number of hydrogen-bond donors (Lipinski definition) is 0. The van der Waals surface area contributed by atoms with Crippen LogP contribution in [0.2, 0.25) is 0 Å². The minimum absolute atomic E-state index is 0.0261. The maximum atomic E-state index is 13.0. The Morgan fingerprint density at radius 3 is 2.67 bits per heavy atom. The topological polar surface area (TPSA) is 44.1 Å². The number of hydrogen-bond acceptors (Lipinski definition) is 4. The fourth-order valence-corrected chi connectivity index (χ4v) is 4.01. The third-order valence-corrected chi connectivity index (χ3v) is 5.34. The average molecular weight is 336 g/mol. The van der Waals surface area contributed by atoms with E-state index >= 15 is 0 Å². The van der Waals surface area contributed by atoms with Gasteiger partial charge in [-0.05, 0) is 36.2 Å². The number of thiophene rings is 1. The number of aryl methyl sites for hydroxylation is 1. The summed E-state index contributed by atoms with van der Waals surface area (Å²) in [5, 5.41) is 1.80. The zero-order valence-corrected chi connectivity index (χ0v) is 14.3. The largest absolute Gasteiger partial charge is 0.496 e. The van der Waals surface area contributed by atoms with Gasteiger partial charge in [0.25, 0.3) is 5.56 Å². The van der Waals surface area contributed by atoms with E-state index in [2.05, 4.69) is 24.0 Å². The molecule has 0 aliphatic heterocycles. The Balaban J connectivity index is 1.98. The molecule has 120 valence electrons. The lowest BCUT2D eigenvalue weighted by Gasteiger charge is -2.07. The number of aromatic nitrogens is 2. The predicted molar refractivity (Wildman–Crippen MR) is 98.7 cm³/mol. The van der Waals surface area contributed by atoms with Crippen LogP contribution >= 0.6 is 11.3 Å². The number of pyridine rings is 2. The maximum absolute atomic E-state index is 13.0. The van der Waals surface area contributed by atoms with Gasteiger partial charge in [-0.15, -0.1) is 11.3 Å². The van der Waals surface area contributed by atoms with Crippen molar-refractivity contribution in [3.63, 3.8) is 0 Å². The lowest BCUT2D eigenvalue weighted by atomic mass is 10.1. The zero-order chi connectivity index (χ0) is 16.7. The van der Waals surface area contributed by atoms with Crippen molar-refractivity contribution in [3.8, 4) is 11.4 Å². The Kier molecular flexibility index (Phi) is 3.58. The molecule has 1 aromatic carbocycles. The van der Waals surface area contributed by atoms with Crippen LogP contribution in [0.1, 0.15) is 12.5 Å². The molecule has 4 aromatic rings. The monoisotopic (exact) mass is 336 g/mol. The van der Waals surface area contributed by atoms with Crippen molar-refractivity contribution in [1.82, 2.24) is 9.55 Å². The first kappa shape index (κ1) is 14.9. The maximum Gasteiger partial charge on any atom is 0.273 e. The van der Waals surface area contributed by atoms with Gasteiger partial charge in [-0.1, -0.05) is 19.1 Å². The molecule has 0 aliphatic rings. The third-order valence-electron chi connectivity index (χ3n) is 4.24. The number of benzene rings is 1. The molecule has 3 aromatic heterocycles. The molecular weight excluding hydrogens is 320 g/mol. The highest BCUT2D eigenvalue weighted by Crippen LogP contribution is 2.36. The van der Waals surface area contributed by atoms with Crippen LogP contribution in [-0.2, 0) is 6.42 Å². The van der Waals surface area contributed by atoms with Crippen LogP contribution in [0.5, 0.6) is 5.75 Å². The average Bonchev–Trinajstić information content (AvgIpc) is 3.02. The second-order valence-electron chi connectivity index (χ2n) is 5.55. The molecule has 0 saturated carbocycles. The van der Waals surface area contributed by atoms with Gasteiger partial charge in [-0.25, -0.2) is 4.98 Å². The van der Waals surface area contributed by atoms with Gasteiger partial charge in [-0.2, -0.15) is 0 Å². The second kappa shape index (κ2) is 5.76. The summed E-state index contributed by atoms with van der Waals surface area (Å²) >= 11 is 1.41. The molecule has 0 fully saturated rings. The normalized spacial score (nSPS) is 11.2. The van der Waals surface area contributed by atoms with Gasteiger partial charge in [0.15, 0.2) is 0 Å². The van der Waals surface area contributed by atoms with E-state index in [0.29, 0.717) is 4.70 Å². The number of rotatable bonds is 3. The third kappa shape index (κ3) is 2.20. The van der Waals surface area contributed by atoms with Gasteiger partial charge < -0.3 is 4.74 Å². The van der Waals surface area contributed by atoms with Crippen molar-refractivity contribution in [1.29, 1.82) is 0 Å². The van der Waals surface area contributed by atoms with E-state index in [0.717, 1.165) is 33.5 Å². The van der Waals surface area contributed by atoms with Crippen molar-refractivity contribution < 1.29 is 4.74 Å². The summed E-state index contributed by atoms with van der Waals surface area (Å²) in [6.45, 7) is 2.12. The standard InChI is InChI=1S/C19H16N2O2S/c1-3-12-4-6-13(7-5-12)21-11-9-14-16-15(23-2)8-10-20-18(16)24-17(14)19(21)22/h4-11H,3H2,1-2H3. The van der Waals surface area contributed by atoms with Crippen LogP contribution in [0.4, 0.5) is 0 Å². The van der Waals surface area contributed by atoms with Crippen molar-refractivity contribution in [2.45, 2.75) is 13.3 Å². The van der Waals surface area contributed by atoms with Crippen LogP contribution in [-0.4, -0.2) is 16.7 Å². The van der Waals surface area contributed by atoms with E-state index < -0.39 is 0 Å². The lowest BCUT2D eigenvalue weighted by molar-refractivity contribution is 0.420. The summed E-state index contributed by atoms with van der Waals surface area (Å²) in [6, 6.07) is 11.9. The Morgan fingerprint density at radius 2 is 1.96 bits per heavy atom. The number of nitrogens with zero attached hydrogens (tertiary/aromatic N) is 2. The van der Waals surface area contributed by atoms with Gasteiger partial charge in [-0.3, -0.25) is 9.36 Å². The van der Waals surface area contributed by atoms with Crippen LogP contribution in [0.25, 0.3) is 26.0 Å². The molecule has 0 aliphatic carbocycles. The molecule has 0 bridgehead atoms. The van der Waals surface area contributed by atoms with E-state index in [1.54, 1.807) is 17.9 Å². The molecule has 24 heavy (non-hydrogen) atoms. The molecule has 5 heteroatoms. The SMILES string of the molecule is CCc1ccc(-n2ccc3c(sc4nccc(OC)c43)c2=O)cc1. The molecule has 0 spiro atoms. The molecular formula is C19H16N2O2S. The minimum Gasteiger partial charge on any atom is -0.496 e. The molecule has 0 amide bonds. The van der Waals surface area contributed by atoms with Crippen LogP contribution in [0.3, 0.4) is 0 Å². The summed E-state index contributed by atoms with van der Waals surface area (Å²) in [7, 11) is 1.63. The van der Waals surface area contributed by atoms with Crippen LogP contribution in [0.15, 0.2) is 53.6 Å². The summed E-state index contributed by atoms with van der Waals surface area (Å²) in [6.07, 6.45) is 4.51. The highest BCUT2D eigenvalue weighted by Gasteiger charge is 2.15. The predicted octanol–water partition coefficient (Wildman–Crippen LogP) is 4.17. The van der Waals surface area contributed by atoms with Gasteiger partial charge in [0.2, 0.25) is 0 Å². The fraction of sp³-hybridized carbons (Fsp3) is 0.158. The van der Waals surface area contributed by atoms with Gasteiger partial charge in [0, 0.05) is 23.5 Å². The smallest absolute Gasteiger partial charge is 0.273 e. The molecule has 0 N–H and O–H groups in total. The Morgan fingerprint density at radius 1 is 1.17 bits per heavy atom. The summed E-state index contributed by atoms with van der Waals surface area (Å²) in [4.78, 5) is 18.2. The molecule has 0 saturated heterocycles. The summed E-state index contributed by atoms with van der Waals surface area (Å²) in [5.74, 6) is 0.746. The second-order valence-corrected chi connectivity index (χ2v) is 6.55. The number of fused-ring (bicyclic) bond motifs is 3. The van der Waals surface area contributed by atoms with E-state index in [1.807, 2.05) is 30.5 Å². The van der Waals surface area contributed by atoms with E-state index in [9.17, 15) is 4.79 Å². The minimum atomic E-state index is -0.0261. The zero-order valence-electron chi connectivity index (χ0n) is 13.4. The van der Waals surface area contributed by atoms with Crippen molar-refractivity contribution in [2.75, 3.05) is 7.11 Å². The van der Waals surface area contributed by atoms with E-state index in [4.69, 9.17) is 4.74 Å². The molecule has 0 atom stereocenters. The fourth-order valence-electron chi connectivity index (χ4n) is 2.93. The van der Waals surface area contributed by atoms with Crippen molar-refractivity contribution in [3.05, 3.63) is 64.7 Å². The first-order chi connectivity index (χ1) is 11.7. The Labute approximate surface area is 143 Å². The van der Waals surface area contributed by atoms with Crippen molar-refractivity contribution in [2.24, 2.45) is 0 Å². The summed E-state index contributed by atoms with van der Waals surface area (Å²) < 4.78 is 7.81. The van der Waals surface area contributed by atoms with Gasteiger partial charge >= 0.3 is 0 Å². The van der Waals surface area contributed by atoms with E-state index in [-0.39, 0.29) is 5.56 Å². The highest BCUT2D eigenvalue weighted by molar-refractivity contribution is 7.25. The molecule has 3 heterocycles. The van der Waals surface area contributed by atoms with E-state index in [1.165, 1.54) is 16.9 Å². The first-order valence-corrected chi connectivity index (χ1v) is 8.60. The van der Waals surface area contributed by atoms with Gasteiger partial charge in [0.05, 0.1) is 12.5 Å². The molecule has 4 nitrogen and oxygen atoms in total. The Bertz CT molecular complexity index is 1090.